The van der Waals surface area contributed by atoms with E-state index in [1.54, 1.807) is 0 Å². The molecule has 1 unspecified atom stereocenters. The van der Waals surface area contributed by atoms with E-state index in [9.17, 15) is 5.11 Å². The fourth-order valence-electron chi connectivity index (χ4n) is 3.42. The standard InChI is InChI=1S/C17H35N3O/c1-5-17(14-21,18-15-7-8-15)9-6-10-20-12-11-19(4)16(2,3)13-20/h15,18,21H,5-14H2,1-4H3. The summed E-state index contributed by atoms with van der Waals surface area (Å²) in [5, 5.41) is 13.5. The maximum Gasteiger partial charge on any atom is 0.0613 e. The molecule has 0 bridgehead atoms. The highest BCUT2D eigenvalue weighted by atomic mass is 16.3. The van der Waals surface area contributed by atoms with E-state index in [1.165, 1.54) is 25.8 Å². The lowest BCUT2D eigenvalue weighted by Crippen LogP contribution is -2.57. The third-order valence-corrected chi connectivity index (χ3v) is 5.59. The van der Waals surface area contributed by atoms with Gasteiger partial charge in [-0.05, 0) is 59.5 Å². The van der Waals surface area contributed by atoms with Crippen molar-refractivity contribution in [3.05, 3.63) is 0 Å². The molecule has 2 aliphatic rings. The van der Waals surface area contributed by atoms with Crippen molar-refractivity contribution in [2.75, 3.05) is 39.8 Å². The van der Waals surface area contributed by atoms with E-state index < -0.39 is 0 Å². The predicted molar refractivity (Wildman–Crippen MR) is 88.6 cm³/mol. The van der Waals surface area contributed by atoms with Crippen molar-refractivity contribution in [1.29, 1.82) is 0 Å². The third kappa shape index (κ3) is 4.65. The largest absolute Gasteiger partial charge is 0.394 e. The fraction of sp³-hybridized carbons (Fsp3) is 1.00. The summed E-state index contributed by atoms with van der Waals surface area (Å²) in [6, 6.07) is 0.666. The summed E-state index contributed by atoms with van der Waals surface area (Å²) < 4.78 is 0. The van der Waals surface area contributed by atoms with Crippen molar-refractivity contribution in [3.8, 4) is 0 Å². The molecule has 1 saturated carbocycles. The zero-order valence-electron chi connectivity index (χ0n) is 14.5. The van der Waals surface area contributed by atoms with E-state index in [2.05, 4.69) is 42.9 Å². The summed E-state index contributed by atoms with van der Waals surface area (Å²) >= 11 is 0. The lowest BCUT2D eigenvalue weighted by molar-refractivity contribution is 0.0368. The zero-order chi connectivity index (χ0) is 15.5. The lowest BCUT2D eigenvalue weighted by Gasteiger charge is -2.45. The first-order valence-electron chi connectivity index (χ1n) is 8.73. The van der Waals surface area contributed by atoms with Crippen molar-refractivity contribution >= 4 is 0 Å². The van der Waals surface area contributed by atoms with Gasteiger partial charge in [0.15, 0.2) is 0 Å². The molecule has 2 fully saturated rings. The number of nitrogens with zero attached hydrogens (tertiary/aromatic N) is 2. The van der Waals surface area contributed by atoms with Gasteiger partial charge in [-0.1, -0.05) is 6.92 Å². The Morgan fingerprint density at radius 1 is 1.29 bits per heavy atom. The molecule has 0 aromatic carbocycles. The highest BCUT2D eigenvalue weighted by molar-refractivity contribution is 4.95. The van der Waals surface area contributed by atoms with Gasteiger partial charge in [0.05, 0.1) is 6.61 Å². The van der Waals surface area contributed by atoms with E-state index >= 15 is 0 Å². The summed E-state index contributed by atoms with van der Waals surface area (Å²) in [4.78, 5) is 5.05. The predicted octanol–water partition coefficient (Wildman–Crippen LogP) is 1.69. The summed E-state index contributed by atoms with van der Waals surface area (Å²) in [5.41, 5.74) is 0.243. The van der Waals surface area contributed by atoms with Gasteiger partial charge in [-0.25, -0.2) is 0 Å². The number of rotatable bonds is 8. The van der Waals surface area contributed by atoms with Crippen LogP contribution in [0, 0.1) is 0 Å². The van der Waals surface area contributed by atoms with Crippen molar-refractivity contribution in [2.45, 2.75) is 70.0 Å². The maximum atomic E-state index is 9.83. The van der Waals surface area contributed by atoms with Crippen molar-refractivity contribution in [3.63, 3.8) is 0 Å². The molecular weight excluding hydrogens is 262 g/mol. The van der Waals surface area contributed by atoms with Gasteiger partial charge in [0.2, 0.25) is 0 Å². The number of likely N-dealkylation sites (N-methyl/N-ethyl adjacent to an activating group) is 1. The smallest absolute Gasteiger partial charge is 0.0613 e. The zero-order valence-corrected chi connectivity index (χ0v) is 14.5. The number of nitrogens with one attached hydrogen (secondary N) is 1. The quantitative estimate of drug-likeness (QED) is 0.715. The molecular formula is C17H35N3O. The van der Waals surface area contributed by atoms with Gasteiger partial charge >= 0.3 is 0 Å². The molecule has 1 saturated heterocycles. The van der Waals surface area contributed by atoms with Crippen LogP contribution in [-0.4, -0.2) is 71.9 Å². The Morgan fingerprint density at radius 3 is 2.52 bits per heavy atom. The normalized spacial score (nSPS) is 26.7. The number of hydrogen-bond donors (Lipinski definition) is 2. The second-order valence-corrected chi connectivity index (χ2v) is 7.82. The number of aliphatic hydroxyl groups excluding tert-OH is 1. The molecule has 2 rings (SSSR count). The Balaban J connectivity index is 1.76. The Kier molecular flexibility index (Phi) is 5.69. The van der Waals surface area contributed by atoms with Gasteiger partial charge < -0.3 is 15.3 Å². The highest BCUT2D eigenvalue weighted by Crippen LogP contribution is 2.27. The van der Waals surface area contributed by atoms with Crippen molar-refractivity contribution < 1.29 is 5.11 Å². The minimum Gasteiger partial charge on any atom is -0.394 e. The van der Waals surface area contributed by atoms with Gasteiger partial charge in [0, 0.05) is 36.8 Å². The number of hydrogen-bond acceptors (Lipinski definition) is 4. The average Bonchev–Trinajstić information content (AvgIpc) is 3.25. The van der Waals surface area contributed by atoms with Crippen LogP contribution in [0.25, 0.3) is 0 Å². The van der Waals surface area contributed by atoms with Crippen LogP contribution in [0.4, 0.5) is 0 Å². The first-order chi connectivity index (χ1) is 9.91. The summed E-state index contributed by atoms with van der Waals surface area (Å²) in [6.45, 7) is 11.8. The molecule has 0 aromatic rings. The molecule has 4 nitrogen and oxygen atoms in total. The van der Waals surface area contributed by atoms with Crippen molar-refractivity contribution in [1.82, 2.24) is 15.1 Å². The molecule has 0 aromatic heterocycles. The van der Waals surface area contributed by atoms with Crippen LogP contribution in [0.2, 0.25) is 0 Å². The Labute approximate surface area is 130 Å². The maximum absolute atomic E-state index is 9.83. The molecule has 1 atom stereocenters. The first kappa shape index (κ1) is 17.2. The van der Waals surface area contributed by atoms with Crippen LogP contribution in [-0.2, 0) is 0 Å². The van der Waals surface area contributed by atoms with Gasteiger partial charge in [-0.3, -0.25) is 4.90 Å². The van der Waals surface area contributed by atoms with Gasteiger partial charge in [0.1, 0.15) is 0 Å². The van der Waals surface area contributed by atoms with Crippen LogP contribution in [0.5, 0.6) is 0 Å². The van der Waals surface area contributed by atoms with Crippen LogP contribution in [0.3, 0.4) is 0 Å². The fourth-order valence-corrected chi connectivity index (χ4v) is 3.42. The SMILES string of the molecule is CCC(CO)(CCCN1CCN(C)C(C)(C)C1)NC1CC1. The summed E-state index contributed by atoms with van der Waals surface area (Å²) in [7, 11) is 2.23. The van der Waals surface area contributed by atoms with Crippen LogP contribution in [0.15, 0.2) is 0 Å². The number of piperazine rings is 1. The minimum atomic E-state index is -0.0384. The third-order valence-electron chi connectivity index (χ3n) is 5.59. The minimum absolute atomic E-state index is 0.0384. The lowest BCUT2D eigenvalue weighted by atomic mass is 9.90. The van der Waals surface area contributed by atoms with E-state index in [4.69, 9.17) is 0 Å². The van der Waals surface area contributed by atoms with E-state index in [1.807, 2.05) is 0 Å². The second kappa shape index (κ2) is 6.95. The van der Waals surface area contributed by atoms with Gasteiger partial charge in [-0.15, -0.1) is 0 Å². The average molecular weight is 297 g/mol. The Bertz CT molecular complexity index is 324. The van der Waals surface area contributed by atoms with E-state index in [0.717, 1.165) is 32.5 Å². The molecule has 0 amide bonds. The van der Waals surface area contributed by atoms with Gasteiger partial charge in [0.25, 0.3) is 0 Å². The monoisotopic (exact) mass is 297 g/mol. The molecule has 21 heavy (non-hydrogen) atoms. The van der Waals surface area contributed by atoms with E-state index in [-0.39, 0.29) is 17.7 Å². The molecule has 1 aliphatic carbocycles. The first-order valence-corrected chi connectivity index (χ1v) is 8.73. The van der Waals surface area contributed by atoms with Crippen molar-refractivity contribution in [2.24, 2.45) is 0 Å². The molecule has 1 heterocycles. The molecule has 0 radical (unpaired) electrons. The second-order valence-electron chi connectivity index (χ2n) is 7.82. The molecule has 0 spiro atoms. The Morgan fingerprint density at radius 2 is 2.00 bits per heavy atom. The molecule has 4 heteroatoms. The molecule has 2 N–H and O–H groups in total. The van der Waals surface area contributed by atoms with Crippen LogP contribution >= 0.6 is 0 Å². The summed E-state index contributed by atoms with van der Waals surface area (Å²) in [5.74, 6) is 0. The van der Waals surface area contributed by atoms with Crippen LogP contribution < -0.4 is 5.32 Å². The molecule has 1 aliphatic heterocycles. The summed E-state index contributed by atoms with van der Waals surface area (Å²) in [6.07, 6.45) is 5.86. The van der Waals surface area contributed by atoms with Crippen LogP contribution in [0.1, 0.15) is 52.9 Å². The van der Waals surface area contributed by atoms with E-state index in [0.29, 0.717) is 6.04 Å². The molecule has 124 valence electrons. The topological polar surface area (TPSA) is 38.7 Å². The number of aliphatic hydroxyl groups is 1. The Hall–Kier alpha value is -0.160. The van der Waals surface area contributed by atoms with Gasteiger partial charge in [-0.2, -0.15) is 0 Å². The highest BCUT2D eigenvalue weighted by Gasteiger charge is 2.35.